The molecule has 1 nitrogen and oxygen atoms in total. The van der Waals surface area contributed by atoms with Crippen LogP contribution in [0.1, 0.15) is 17.9 Å². The van der Waals surface area contributed by atoms with Gasteiger partial charge in [0, 0.05) is 4.90 Å². The summed E-state index contributed by atoms with van der Waals surface area (Å²) in [4.78, 5) is 11.0. The number of carbonyl (C=O) groups is 1. The molecule has 0 heterocycles. The smallest absolute Gasteiger partial charge is 0.298 e. The molecule has 0 aromatic heterocycles. The van der Waals surface area contributed by atoms with Gasteiger partial charge in [-0.25, -0.2) is 0 Å². The fraction of sp³-hybridized carbons (Fsp3) is 0.300. The molecule has 0 saturated carbocycles. The molecule has 0 fully saturated rings. The molecule has 16 heavy (non-hydrogen) atoms. The highest BCUT2D eigenvalue weighted by molar-refractivity contribution is 8.00. The molecule has 1 atom stereocenters. The lowest BCUT2D eigenvalue weighted by molar-refractivity contribution is -0.116. The van der Waals surface area contributed by atoms with Crippen molar-refractivity contribution in [3.05, 3.63) is 29.8 Å². The van der Waals surface area contributed by atoms with Crippen molar-refractivity contribution < 1.29 is 18.0 Å². The highest BCUT2D eigenvalue weighted by Gasteiger charge is 2.31. The Kier molecular flexibility index (Phi) is 4.27. The Morgan fingerprint density at radius 3 is 2.44 bits per heavy atom. The van der Waals surface area contributed by atoms with E-state index in [9.17, 15) is 18.0 Å². The van der Waals surface area contributed by atoms with Gasteiger partial charge in [-0.1, -0.05) is 18.2 Å². The summed E-state index contributed by atoms with van der Waals surface area (Å²) in [6, 6.07) is 5.74. The van der Waals surface area contributed by atoms with Crippen LogP contribution >= 0.6 is 23.4 Å². The van der Waals surface area contributed by atoms with Crippen LogP contribution in [0.4, 0.5) is 13.2 Å². The van der Waals surface area contributed by atoms with E-state index in [1.165, 1.54) is 25.1 Å². The summed E-state index contributed by atoms with van der Waals surface area (Å²) in [6.45, 7) is 1.24. The van der Waals surface area contributed by atoms with Crippen LogP contribution in [0.5, 0.6) is 0 Å². The van der Waals surface area contributed by atoms with Crippen LogP contribution in [-0.2, 0) is 4.79 Å². The van der Waals surface area contributed by atoms with Crippen molar-refractivity contribution in [1.29, 1.82) is 0 Å². The van der Waals surface area contributed by atoms with Crippen molar-refractivity contribution in [3.8, 4) is 0 Å². The second-order valence-electron chi connectivity index (χ2n) is 3.06. The average Bonchev–Trinajstić information content (AvgIpc) is 2.15. The van der Waals surface area contributed by atoms with E-state index >= 15 is 0 Å². The molecule has 0 aliphatic heterocycles. The molecule has 0 saturated heterocycles. The zero-order valence-corrected chi connectivity index (χ0v) is 9.79. The van der Waals surface area contributed by atoms with Crippen LogP contribution in [0.2, 0.25) is 0 Å². The molecule has 1 rings (SSSR count). The predicted molar refractivity (Wildman–Crippen MR) is 57.6 cm³/mol. The first kappa shape index (κ1) is 13.4. The van der Waals surface area contributed by atoms with Crippen LogP contribution in [0.15, 0.2) is 29.2 Å². The molecule has 0 radical (unpaired) electrons. The molecule has 88 valence electrons. The third-order valence-electron chi connectivity index (χ3n) is 1.77. The zero-order chi connectivity index (χ0) is 12.3. The minimum absolute atomic E-state index is 0.0369. The van der Waals surface area contributed by atoms with E-state index < -0.39 is 10.9 Å². The fourth-order valence-corrected chi connectivity index (χ4v) is 2.08. The Bertz CT molecular complexity index is 392. The summed E-state index contributed by atoms with van der Waals surface area (Å²) in [6.07, 6.45) is 0. The normalized spacial score (nSPS) is 13.6. The molecule has 1 unspecified atom stereocenters. The molecule has 1 aromatic rings. The van der Waals surface area contributed by atoms with E-state index in [1.54, 1.807) is 6.07 Å². The van der Waals surface area contributed by atoms with Crippen LogP contribution in [0.3, 0.4) is 0 Å². The van der Waals surface area contributed by atoms with Crippen LogP contribution < -0.4 is 0 Å². The molecule has 0 aliphatic carbocycles. The second kappa shape index (κ2) is 5.10. The lowest BCUT2D eigenvalue weighted by Crippen LogP contribution is -2.06. The highest BCUT2D eigenvalue weighted by atomic mass is 35.5. The van der Waals surface area contributed by atoms with Gasteiger partial charge in [-0.15, -0.1) is 11.6 Å². The minimum atomic E-state index is -4.39. The van der Waals surface area contributed by atoms with Crippen molar-refractivity contribution in [3.63, 3.8) is 0 Å². The first-order valence-corrected chi connectivity index (χ1v) is 5.56. The Hall–Kier alpha value is -0.680. The number of carbonyl (C=O) groups excluding carboxylic acids is 1. The largest absolute Gasteiger partial charge is 0.446 e. The van der Waals surface area contributed by atoms with E-state index in [1.807, 2.05) is 0 Å². The number of alkyl halides is 4. The molecule has 0 amide bonds. The highest BCUT2D eigenvalue weighted by Crippen LogP contribution is 2.41. The molecule has 0 aliphatic rings. The summed E-state index contributed by atoms with van der Waals surface area (Å²) in [5.41, 5.74) is -4.19. The maximum Gasteiger partial charge on any atom is 0.446 e. The van der Waals surface area contributed by atoms with Crippen molar-refractivity contribution in [1.82, 2.24) is 0 Å². The molecular formula is C10H8ClF3OS. The number of thioether (sulfide) groups is 1. The number of ketones is 1. The second-order valence-corrected chi connectivity index (χ2v) is 4.60. The summed E-state index contributed by atoms with van der Waals surface area (Å²) in [7, 11) is 0. The van der Waals surface area contributed by atoms with Crippen LogP contribution in [0, 0.1) is 0 Å². The van der Waals surface area contributed by atoms with Gasteiger partial charge in [0.15, 0.2) is 5.78 Å². The van der Waals surface area contributed by atoms with Gasteiger partial charge in [0.25, 0.3) is 0 Å². The maximum atomic E-state index is 12.2. The number of hydrogen-bond donors (Lipinski definition) is 0. The van der Waals surface area contributed by atoms with Gasteiger partial charge in [-0.05, 0) is 30.3 Å². The maximum absolute atomic E-state index is 12.2. The molecule has 6 heteroatoms. The van der Waals surface area contributed by atoms with Crippen LogP contribution in [-0.4, -0.2) is 11.3 Å². The van der Waals surface area contributed by atoms with Gasteiger partial charge in [0.05, 0.1) is 0 Å². The first-order valence-electron chi connectivity index (χ1n) is 4.30. The lowest BCUT2D eigenvalue weighted by atomic mass is 10.1. The van der Waals surface area contributed by atoms with Crippen molar-refractivity contribution in [2.45, 2.75) is 22.7 Å². The number of halogens is 4. The van der Waals surface area contributed by atoms with E-state index in [4.69, 9.17) is 11.6 Å². The summed E-state index contributed by atoms with van der Waals surface area (Å²) >= 11 is 5.48. The van der Waals surface area contributed by atoms with Gasteiger partial charge in [-0.3, -0.25) is 4.79 Å². The summed E-state index contributed by atoms with van der Waals surface area (Å²) in [5, 5.41) is -1.04. The number of hydrogen-bond acceptors (Lipinski definition) is 2. The van der Waals surface area contributed by atoms with Crippen LogP contribution in [0.25, 0.3) is 0 Å². The fourth-order valence-electron chi connectivity index (χ4n) is 1.13. The van der Waals surface area contributed by atoms with E-state index in [0.29, 0.717) is 0 Å². The van der Waals surface area contributed by atoms with E-state index in [0.717, 1.165) is 0 Å². The monoisotopic (exact) mass is 268 g/mol. The summed E-state index contributed by atoms with van der Waals surface area (Å²) in [5.74, 6) is -0.378. The molecule has 0 N–H and O–H groups in total. The van der Waals surface area contributed by atoms with Gasteiger partial charge in [0.2, 0.25) is 0 Å². The van der Waals surface area contributed by atoms with E-state index in [-0.39, 0.29) is 28.0 Å². The third kappa shape index (κ3) is 3.72. The molecule has 0 bridgehead atoms. The average molecular weight is 269 g/mol. The Labute approximate surface area is 100.0 Å². The standard InChI is InChI=1S/C10H8ClF3OS/c1-6(15)9(11)7-4-2-3-5-8(7)16-10(12,13)14/h2-5,9H,1H3. The SMILES string of the molecule is CC(=O)C(Cl)c1ccccc1SC(F)(F)F. The number of benzene rings is 1. The van der Waals surface area contributed by atoms with Gasteiger partial charge >= 0.3 is 5.51 Å². The van der Waals surface area contributed by atoms with Crippen molar-refractivity contribution in [2.75, 3.05) is 0 Å². The van der Waals surface area contributed by atoms with Gasteiger partial charge < -0.3 is 0 Å². The number of rotatable bonds is 3. The third-order valence-corrected chi connectivity index (χ3v) is 3.14. The van der Waals surface area contributed by atoms with Gasteiger partial charge in [0.1, 0.15) is 5.38 Å². The summed E-state index contributed by atoms with van der Waals surface area (Å²) < 4.78 is 36.7. The van der Waals surface area contributed by atoms with Crippen molar-refractivity contribution in [2.24, 2.45) is 0 Å². The Morgan fingerprint density at radius 1 is 1.38 bits per heavy atom. The lowest BCUT2D eigenvalue weighted by Gasteiger charge is -2.13. The number of Topliss-reactive ketones (excluding diaryl/α,β-unsaturated/α-hetero) is 1. The minimum Gasteiger partial charge on any atom is -0.298 e. The predicted octanol–water partition coefficient (Wildman–Crippen LogP) is 4.17. The van der Waals surface area contributed by atoms with Gasteiger partial charge in [-0.2, -0.15) is 13.2 Å². The molecule has 1 aromatic carbocycles. The Balaban J connectivity index is 3.05. The quantitative estimate of drug-likeness (QED) is 0.605. The van der Waals surface area contributed by atoms with Crippen molar-refractivity contribution >= 4 is 29.1 Å². The zero-order valence-electron chi connectivity index (χ0n) is 8.22. The molecular weight excluding hydrogens is 261 g/mol. The Morgan fingerprint density at radius 2 is 1.94 bits per heavy atom. The molecule has 0 spiro atoms. The van der Waals surface area contributed by atoms with E-state index in [2.05, 4.69) is 0 Å². The topological polar surface area (TPSA) is 17.1 Å². The first-order chi connectivity index (χ1) is 7.31.